The highest BCUT2D eigenvalue weighted by Crippen LogP contribution is 2.21. The molecule has 0 fully saturated rings. The summed E-state index contributed by atoms with van der Waals surface area (Å²) in [6.07, 6.45) is 3.67. The van der Waals surface area contributed by atoms with Gasteiger partial charge in [-0.25, -0.2) is 0 Å². The Balaban J connectivity index is 3.87. The van der Waals surface area contributed by atoms with E-state index in [9.17, 15) is 5.26 Å². The molecule has 2 atom stereocenters. The van der Waals surface area contributed by atoms with E-state index in [1.807, 2.05) is 18.7 Å². The van der Waals surface area contributed by atoms with Crippen LogP contribution in [0.1, 0.15) is 46.5 Å². The van der Waals surface area contributed by atoms with Gasteiger partial charge in [-0.05, 0) is 38.0 Å². The number of rotatable bonds is 10. The van der Waals surface area contributed by atoms with Crippen molar-refractivity contribution < 1.29 is 5.11 Å². The molecule has 4 heteroatoms. The van der Waals surface area contributed by atoms with Gasteiger partial charge in [0.15, 0.2) is 0 Å². The highest BCUT2D eigenvalue weighted by Gasteiger charge is 2.25. The molecule has 0 heterocycles. The molecule has 3 nitrogen and oxygen atoms in total. The number of aliphatic hydroxyl groups is 1. The Morgan fingerprint density at radius 3 is 2.65 bits per heavy atom. The van der Waals surface area contributed by atoms with Crippen LogP contribution in [0.25, 0.3) is 0 Å². The predicted octanol–water partition coefficient (Wildman–Crippen LogP) is 2.55. The average Bonchev–Trinajstić information content (AvgIpc) is 2.33. The lowest BCUT2D eigenvalue weighted by Gasteiger charge is -2.26. The van der Waals surface area contributed by atoms with Crippen molar-refractivity contribution >= 4 is 11.8 Å². The number of nitrogens with zero attached hydrogens (tertiary/aromatic N) is 1. The fourth-order valence-electron chi connectivity index (χ4n) is 1.83. The zero-order valence-corrected chi connectivity index (χ0v) is 12.1. The van der Waals surface area contributed by atoms with Crippen LogP contribution < -0.4 is 5.32 Å². The minimum Gasteiger partial charge on any atom is -0.396 e. The SMILES string of the molecule is CCNC(C#N)(CC)CCCSC(C)CCO. The van der Waals surface area contributed by atoms with Gasteiger partial charge in [0, 0.05) is 11.9 Å². The molecule has 2 N–H and O–H groups in total. The quantitative estimate of drug-likeness (QED) is 0.591. The van der Waals surface area contributed by atoms with Crippen molar-refractivity contribution in [1.29, 1.82) is 5.26 Å². The molecule has 0 aromatic rings. The maximum atomic E-state index is 9.25. The monoisotopic (exact) mass is 258 g/mol. The molecule has 0 aromatic heterocycles. The normalized spacial score (nSPS) is 16.2. The first-order chi connectivity index (χ1) is 8.14. The van der Waals surface area contributed by atoms with E-state index in [1.165, 1.54) is 0 Å². The van der Waals surface area contributed by atoms with Gasteiger partial charge < -0.3 is 5.11 Å². The van der Waals surface area contributed by atoms with E-state index in [-0.39, 0.29) is 12.1 Å². The Hall–Kier alpha value is -0.240. The molecular weight excluding hydrogens is 232 g/mol. The van der Waals surface area contributed by atoms with Gasteiger partial charge in [-0.2, -0.15) is 17.0 Å². The van der Waals surface area contributed by atoms with Gasteiger partial charge >= 0.3 is 0 Å². The molecule has 0 aliphatic rings. The van der Waals surface area contributed by atoms with Crippen molar-refractivity contribution in [3.05, 3.63) is 0 Å². The van der Waals surface area contributed by atoms with Crippen LogP contribution in [0.15, 0.2) is 0 Å². The van der Waals surface area contributed by atoms with E-state index in [0.29, 0.717) is 5.25 Å². The zero-order valence-electron chi connectivity index (χ0n) is 11.3. The third kappa shape index (κ3) is 6.92. The lowest BCUT2D eigenvalue weighted by molar-refractivity contribution is 0.289. The summed E-state index contributed by atoms with van der Waals surface area (Å²) < 4.78 is 0. The van der Waals surface area contributed by atoms with Gasteiger partial charge in [0.25, 0.3) is 0 Å². The summed E-state index contributed by atoms with van der Waals surface area (Å²) in [5.41, 5.74) is -0.338. The first kappa shape index (κ1) is 16.8. The summed E-state index contributed by atoms with van der Waals surface area (Å²) in [6.45, 7) is 7.36. The lowest BCUT2D eigenvalue weighted by Crippen LogP contribution is -2.43. The molecule has 0 aliphatic heterocycles. The fourth-order valence-corrected chi connectivity index (χ4v) is 2.81. The molecule has 0 aliphatic carbocycles. The topological polar surface area (TPSA) is 56.0 Å². The Labute approximate surface area is 110 Å². The highest BCUT2D eigenvalue weighted by molar-refractivity contribution is 7.99. The van der Waals surface area contributed by atoms with Crippen LogP contribution in [-0.2, 0) is 0 Å². The van der Waals surface area contributed by atoms with Crippen molar-refractivity contribution in [3.8, 4) is 6.07 Å². The van der Waals surface area contributed by atoms with Crippen molar-refractivity contribution in [2.75, 3.05) is 18.9 Å². The van der Waals surface area contributed by atoms with E-state index < -0.39 is 0 Å². The molecule has 0 spiro atoms. The largest absolute Gasteiger partial charge is 0.396 e. The van der Waals surface area contributed by atoms with E-state index in [1.54, 1.807) is 0 Å². The second-order valence-corrected chi connectivity index (χ2v) is 5.92. The van der Waals surface area contributed by atoms with Crippen LogP contribution in [0.4, 0.5) is 0 Å². The second kappa shape index (κ2) is 9.76. The van der Waals surface area contributed by atoms with Gasteiger partial charge in [0.1, 0.15) is 5.54 Å². The third-order valence-electron chi connectivity index (χ3n) is 3.02. The molecule has 0 bridgehead atoms. The smallest absolute Gasteiger partial charge is 0.106 e. The number of hydrogen-bond acceptors (Lipinski definition) is 4. The van der Waals surface area contributed by atoms with E-state index >= 15 is 0 Å². The van der Waals surface area contributed by atoms with Gasteiger partial charge in [0.2, 0.25) is 0 Å². The molecule has 17 heavy (non-hydrogen) atoms. The Morgan fingerprint density at radius 2 is 2.18 bits per heavy atom. The Bertz CT molecular complexity index is 230. The van der Waals surface area contributed by atoms with Crippen molar-refractivity contribution in [2.24, 2.45) is 0 Å². The van der Waals surface area contributed by atoms with Crippen molar-refractivity contribution in [3.63, 3.8) is 0 Å². The van der Waals surface area contributed by atoms with Crippen LogP contribution >= 0.6 is 11.8 Å². The molecule has 0 saturated heterocycles. The van der Waals surface area contributed by atoms with Crippen LogP contribution in [0.5, 0.6) is 0 Å². The summed E-state index contributed by atoms with van der Waals surface area (Å²) in [7, 11) is 0. The second-order valence-electron chi connectivity index (χ2n) is 4.38. The Morgan fingerprint density at radius 1 is 1.47 bits per heavy atom. The number of hydrogen-bond donors (Lipinski definition) is 2. The standard InChI is InChI=1S/C13H26N2OS/c1-4-13(11-14,15-5-2)8-6-10-17-12(3)7-9-16/h12,15-16H,4-10H2,1-3H3. The first-order valence-corrected chi connectivity index (χ1v) is 7.57. The van der Waals surface area contributed by atoms with E-state index in [4.69, 9.17) is 5.11 Å². The molecular formula is C13H26N2OS. The number of nitrogens with one attached hydrogen (secondary N) is 1. The maximum absolute atomic E-state index is 9.25. The van der Waals surface area contributed by atoms with Gasteiger partial charge in [-0.3, -0.25) is 5.32 Å². The molecule has 0 rings (SSSR count). The van der Waals surface area contributed by atoms with Gasteiger partial charge in [-0.15, -0.1) is 0 Å². The molecule has 0 amide bonds. The first-order valence-electron chi connectivity index (χ1n) is 6.52. The summed E-state index contributed by atoms with van der Waals surface area (Å²) >= 11 is 1.88. The summed E-state index contributed by atoms with van der Waals surface area (Å²) in [5.74, 6) is 1.07. The fraction of sp³-hybridized carbons (Fsp3) is 0.923. The summed E-state index contributed by atoms with van der Waals surface area (Å²) in [6, 6.07) is 2.42. The number of thioether (sulfide) groups is 1. The van der Waals surface area contributed by atoms with Gasteiger partial charge in [0.05, 0.1) is 6.07 Å². The molecule has 2 unspecified atom stereocenters. The molecule has 0 radical (unpaired) electrons. The summed E-state index contributed by atoms with van der Waals surface area (Å²) in [5, 5.41) is 21.9. The van der Waals surface area contributed by atoms with Crippen LogP contribution in [0.2, 0.25) is 0 Å². The van der Waals surface area contributed by atoms with Crippen molar-refractivity contribution in [1.82, 2.24) is 5.32 Å². The number of nitriles is 1. The third-order valence-corrected chi connectivity index (χ3v) is 4.35. The minimum atomic E-state index is -0.338. The molecule has 100 valence electrons. The lowest BCUT2D eigenvalue weighted by atomic mass is 9.92. The molecule has 0 saturated carbocycles. The maximum Gasteiger partial charge on any atom is 0.106 e. The van der Waals surface area contributed by atoms with Crippen molar-refractivity contribution in [2.45, 2.75) is 57.2 Å². The highest BCUT2D eigenvalue weighted by atomic mass is 32.2. The molecule has 0 aromatic carbocycles. The predicted molar refractivity (Wildman–Crippen MR) is 75.2 cm³/mol. The van der Waals surface area contributed by atoms with Crippen LogP contribution in [0, 0.1) is 11.3 Å². The minimum absolute atomic E-state index is 0.267. The average molecular weight is 258 g/mol. The van der Waals surface area contributed by atoms with Gasteiger partial charge in [-0.1, -0.05) is 20.8 Å². The van der Waals surface area contributed by atoms with Crippen LogP contribution in [0.3, 0.4) is 0 Å². The zero-order chi connectivity index (χ0) is 13.1. The number of aliphatic hydroxyl groups excluding tert-OH is 1. The van der Waals surface area contributed by atoms with E-state index in [2.05, 4.69) is 25.2 Å². The summed E-state index contributed by atoms with van der Waals surface area (Å²) in [4.78, 5) is 0. The van der Waals surface area contributed by atoms with Crippen LogP contribution in [-0.4, -0.2) is 34.8 Å². The van der Waals surface area contributed by atoms with E-state index in [0.717, 1.165) is 38.0 Å². The Kier molecular flexibility index (Phi) is 9.62.